The largest absolute Gasteiger partial charge is 0.490 e. The van der Waals surface area contributed by atoms with Crippen LogP contribution in [-0.4, -0.2) is 51.9 Å². The van der Waals surface area contributed by atoms with Gasteiger partial charge in [-0.3, -0.25) is 0 Å². The molecule has 1 saturated heterocycles. The number of nitriles is 4. The van der Waals surface area contributed by atoms with Crippen LogP contribution in [0.5, 0.6) is 0 Å². The number of halogens is 6. The number of carboxylic acids is 2. The molecule has 3 rings (SSSR count). The molecule has 2 aromatic rings. The van der Waals surface area contributed by atoms with E-state index in [0.29, 0.717) is 0 Å². The van der Waals surface area contributed by atoms with E-state index in [2.05, 4.69) is 118 Å². The Hall–Kier alpha value is -4.99. The zero-order chi connectivity index (χ0) is 50.6. The first-order chi connectivity index (χ1) is 27.4. The van der Waals surface area contributed by atoms with E-state index in [1.165, 1.54) is 49.1 Å². The molecule has 0 aliphatic carbocycles. The third-order valence-electron chi connectivity index (χ3n) is 6.62. The Morgan fingerprint density at radius 3 is 0.758 bits per heavy atom. The molecule has 0 atom stereocenters. The quantitative estimate of drug-likeness (QED) is 0.218. The fourth-order valence-electron chi connectivity index (χ4n) is 4.12. The van der Waals surface area contributed by atoms with Crippen molar-refractivity contribution in [1.29, 1.82) is 21.0 Å². The van der Waals surface area contributed by atoms with E-state index in [-0.39, 0.29) is 21.7 Å². The van der Waals surface area contributed by atoms with Gasteiger partial charge >= 0.3 is 180 Å². The van der Waals surface area contributed by atoms with Gasteiger partial charge in [0.25, 0.3) is 0 Å². The van der Waals surface area contributed by atoms with E-state index in [9.17, 15) is 26.3 Å². The minimum absolute atomic E-state index is 0.153. The van der Waals surface area contributed by atoms with Gasteiger partial charge in [0.1, 0.15) is 0 Å². The number of nitrogens with zero attached hydrogens (tertiary/aromatic N) is 6. The average Bonchev–Trinajstić information content (AvgIpc) is 3.43. The first-order valence-corrected chi connectivity index (χ1v) is 19.8. The van der Waals surface area contributed by atoms with E-state index in [0.717, 1.165) is 13.1 Å². The summed E-state index contributed by atoms with van der Waals surface area (Å²) in [5, 5.41) is 46.9. The molecule has 1 aliphatic rings. The van der Waals surface area contributed by atoms with Crippen LogP contribution >= 0.6 is 0 Å². The van der Waals surface area contributed by atoms with Crippen molar-refractivity contribution in [3.05, 3.63) is 57.6 Å². The van der Waals surface area contributed by atoms with Crippen molar-refractivity contribution >= 4 is 27.7 Å². The van der Waals surface area contributed by atoms with Crippen molar-refractivity contribution in [2.75, 3.05) is 22.9 Å². The van der Waals surface area contributed by atoms with Crippen LogP contribution < -0.4 is 9.80 Å². The summed E-state index contributed by atoms with van der Waals surface area (Å²) in [7, 11) is 0. The Labute approximate surface area is 374 Å². The van der Waals surface area contributed by atoms with Gasteiger partial charge in [-0.15, -0.1) is 0 Å². The number of benzene rings is 2. The summed E-state index contributed by atoms with van der Waals surface area (Å²) in [6.45, 7) is 37.9. The number of aryl methyl sites for hydroxylation is 6. The number of alkyl halides is 6. The van der Waals surface area contributed by atoms with Crippen molar-refractivity contribution in [2.45, 2.75) is 137 Å². The normalized spacial score (nSPS) is 12.2. The topological polar surface area (TPSA) is 176 Å². The maximum atomic E-state index is 10.6. The van der Waals surface area contributed by atoms with E-state index < -0.39 is 24.3 Å². The summed E-state index contributed by atoms with van der Waals surface area (Å²) in [6, 6.07) is 17.6. The van der Waals surface area contributed by atoms with Gasteiger partial charge < -0.3 is 10.2 Å². The zero-order valence-electron chi connectivity index (χ0n) is 39.2. The summed E-state index contributed by atoms with van der Waals surface area (Å²) in [4.78, 5) is 22.7. The predicted molar refractivity (Wildman–Crippen MR) is 229 cm³/mol. The second-order valence-corrected chi connectivity index (χ2v) is 18.9. The van der Waals surface area contributed by atoms with Gasteiger partial charge in [0.05, 0.1) is 24.3 Å². The number of hydrogen-bond acceptors (Lipinski definition) is 8. The standard InChI is InChI=1S/C21H26N2.4C5H9N.2C2HF3O2.Ru/c1-14-9-16(3)20(17(4)10-14)22-7-8-23(13-22)21-18(5)11-15(2)12-19(21)6;4*1-5(2,3)4-6;2*3-2(4,5)1(6)7;/h9-12H,7-8H2,1-6H3;4*1-3H3;2*(H,6,7);. The molecule has 1 aliphatic heterocycles. The molecule has 10 nitrogen and oxygen atoms in total. The number of rotatable bonds is 2. The Morgan fingerprint density at radius 1 is 0.500 bits per heavy atom. The molecule has 0 spiro atoms. The summed E-state index contributed by atoms with van der Waals surface area (Å²) in [5.74, 6) is -5.51. The molecule has 1 heterocycles. The van der Waals surface area contributed by atoms with Gasteiger partial charge in [0.2, 0.25) is 0 Å². The SMILES string of the molecule is CC(C)(C)C#N.CC(C)(C)C#N.CC(C)(C)C#N.CC(C)(C)C#N.Cc1cc(C)c(N2CCN(c3c(C)cc(C)cc3C)[C]2=[Ru])c(C)c1.O=C(O)C(F)(F)F.O=C(O)C(F)(F)F. The van der Waals surface area contributed by atoms with Crippen LogP contribution in [0.4, 0.5) is 37.7 Å². The number of carboxylic acid groups (broad SMARTS) is 2. The molecule has 17 heteroatoms. The Kier molecular flexibility index (Phi) is 27.2. The van der Waals surface area contributed by atoms with Crippen molar-refractivity contribution in [3.63, 3.8) is 0 Å². The van der Waals surface area contributed by atoms with Gasteiger partial charge in [-0.25, -0.2) is 9.59 Å². The Balaban J connectivity index is -0.000000365. The van der Waals surface area contributed by atoms with E-state index >= 15 is 0 Å². The molecule has 0 unspecified atom stereocenters. The van der Waals surface area contributed by atoms with E-state index in [1.807, 2.05) is 83.1 Å². The van der Waals surface area contributed by atoms with Crippen molar-refractivity contribution in [3.8, 4) is 24.3 Å². The van der Waals surface area contributed by atoms with Crippen LogP contribution in [0, 0.1) is 109 Å². The minimum Gasteiger partial charge on any atom is -0.475 e. The number of carbonyl (C=O) groups is 2. The van der Waals surface area contributed by atoms with Crippen LogP contribution in [0.15, 0.2) is 24.3 Å². The monoisotopic (exact) mass is 968 g/mol. The summed E-state index contributed by atoms with van der Waals surface area (Å²) < 4.78 is 64.7. The van der Waals surface area contributed by atoms with Gasteiger partial charge in [-0.1, -0.05) is 0 Å². The van der Waals surface area contributed by atoms with Gasteiger partial charge in [-0.2, -0.15) is 47.4 Å². The Morgan fingerprint density at radius 2 is 0.645 bits per heavy atom. The predicted octanol–water partition coefficient (Wildman–Crippen LogP) is 12.0. The minimum atomic E-state index is -5.08. The van der Waals surface area contributed by atoms with Gasteiger partial charge in [0.15, 0.2) is 0 Å². The van der Waals surface area contributed by atoms with Gasteiger partial charge in [0, 0.05) is 21.7 Å². The Bertz CT molecular complexity index is 1720. The molecule has 0 saturated carbocycles. The van der Waals surface area contributed by atoms with Crippen molar-refractivity contribution in [1.82, 2.24) is 0 Å². The van der Waals surface area contributed by atoms with Crippen LogP contribution in [0.2, 0.25) is 0 Å². The second kappa shape index (κ2) is 26.5. The maximum Gasteiger partial charge on any atom is 0.490 e. The first-order valence-electron chi connectivity index (χ1n) is 18.9. The molecular weight excluding hydrogens is 904 g/mol. The molecule has 2 aromatic carbocycles. The molecule has 2 N–H and O–H groups in total. The van der Waals surface area contributed by atoms with Crippen LogP contribution in [0.3, 0.4) is 0 Å². The zero-order valence-corrected chi connectivity index (χ0v) is 41.0. The number of aliphatic carboxylic acids is 2. The van der Waals surface area contributed by atoms with Crippen LogP contribution in [0.25, 0.3) is 0 Å². The van der Waals surface area contributed by atoms with E-state index in [4.69, 9.17) is 40.8 Å². The molecule has 1 fully saturated rings. The molecular formula is C45H64F6N6O4Ru. The summed E-state index contributed by atoms with van der Waals surface area (Å²) in [6.07, 6.45) is -10.2. The average molecular weight is 968 g/mol. The molecule has 62 heavy (non-hydrogen) atoms. The molecule has 348 valence electrons. The second-order valence-electron chi connectivity index (χ2n) is 18.1. The maximum absolute atomic E-state index is 10.6. The fourth-order valence-corrected chi connectivity index (χ4v) is 4.90. The number of anilines is 2. The number of hydrogen-bond donors (Lipinski definition) is 2. The third-order valence-corrected chi connectivity index (χ3v) is 7.56. The molecule has 0 radical (unpaired) electrons. The van der Waals surface area contributed by atoms with Crippen LogP contribution in [-0.2, 0) is 27.4 Å². The van der Waals surface area contributed by atoms with E-state index in [1.54, 1.807) is 0 Å². The summed E-state index contributed by atoms with van der Waals surface area (Å²) in [5.41, 5.74) is 10.2. The smallest absolute Gasteiger partial charge is 0.475 e. The van der Waals surface area contributed by atoms with Crippen LogP contribution in [0.1, 0.15) is 116 Å². The first kappa shape index (κ1) is 63.6. The third kappa shape index (κ3) is 30.9. The van der Waals surface area contributed by atoms with Crippen molar-refractivity contribution in [2.24, 2.45) is 21.7 Å². The molecule has 0 bridgehead atoms. The fraction of sp³-hybridized carbons (Fsp3) is 0.578. The molecule has 0 amide bonds. The van der Waals surface area contributed by atoms with Gasteiger partial charge in [-0.05, 0) is 83.1 Å². The molecule has 0 aromatic heterocycles. The summed E-state index contributed by atoms with van der Waals surface area (Å²) >= 11 is 2.86. The van der Waals surface area contributed by atoms with Crippen molar-refractivity contribution < 1.29 is 64.0 Å².